The Balaban J connectivity index is 1.67. The van der Waals surface area contributed by atoms with Crippen molar-refractivity contribution in [2.24, 2.45) is 7.05 Å². The summed E-state index contributed by atoms with van der Waals surface area (Å²) in [7, 11) is 1.46. The third-order valence-corrected chi connectivity index (χ3v) is 6.11. The van der Waals surface area contributed by atoms with Crippen LogP contribution in [-0.4, -0.2) is 39.1 Å². The second-order valence-electron chi connectivity index (χ2n) is 8.82. The Kier molecular flexibility index (Phi) is 7.68. The molecule has 7 nitrogen and oxygen atoms in total. The van der Waals surface area contributed by atoms with E-state index in [9.17, 15) is 35.5 Å². The van der Waals surface area contributed by atoms with E-state index in [-0.39, 0.29) is 24.8 Å². The van der Waals surface area contributed by atoms with Gasteiger partial charge in [0.15, 0.2) is 6.29 Å². The molecule has 0 bridgehead atoms. The fourth-order valence-corrected chi connectivity index (χ4v) is 4.22. The number of hydrogen-bond donors (Lipinski definition) is 1. The Bertz CT molecular complexity index is 1290. The van der Waals surface area contributed by atoms with Gasteiger partial charge in [0.1, 0.15) is 11.6 Å². The lowest BCUT2D eigenvalue weighted by atomic mass is 10.0. The van der Waals surface area contributed by atoms with Gasteiger partial charge in [-0.3, -0.25) is 9.88 Å². The van der Waals surface area contributed by atoms with Crippen molar-refractivity contribution in [2.45, 2.75) is 44.3 Å². The van der Waals surface area contributed by atoms with Crippen molar-refractivity contribution in [1.29, 1.82) is 0 Å². The van der Waals surface area contributed by atoms with Gasteiger partial charge in [0.25, 0.3) is 0 Å². The van der Waals surface area contributed by atoms with E-state index in [1.165, 1.54) is 38.2 Å². The minimum Gasteiger partial charge on any atom is -0.349 e. The summed E-state index contributed by atoms with van der Waals surface area (Å²) >= 11 is 0. The molecule has 1 aromatic heterocycles. The fourth-order valence-electron chi connectivity index (χ4n) is 4.22. The van der Waals surface area contributed by atoms with Crippen molar-refractivity contribution in [3.63, 3.8) is 0 Å². The molecule has 3 aromatic rings. The Morgan fingerprint density at radius 2 is 1.68 bits per heavy atom. The van der Waals surface area contributed by atoms with Gasteiger partial charge in [-0.25, -0.2) is 13.9 Å². The minimum atomic E-state index is -5.01. The molecule has 0 amide bonds. The smallest absolute Gasteiger partial charge is 0.349 e. The largest absolute Gasteiger partial charge is 0.416 e. The second-order valence-corrected chi connectivity index (χ2v) is 8.82. The van der Waals surface area contributed by atoms with Crippen molar-refractivity contribution in [1.82, 2.24) is 19.7 Å². The normalized spacial score (nSPS) is 20.0. The zero-order chi connectivity index (χ0) is 27.8. The molecule has 2 heterocycles. The van der Waals surface area contributed by atoms with Crippen LogP contribution in [0.4, 0.5) is 30.7 Å². The van der Waals surface area contributed by atoms with Gasteiger partial charge in [-0.15, -0.1) is 0 Å². The zero-order valence-electron chi connectivity index (χ0n) is 20.1. The van der Waals surface area contributed by atoms with Crippen LogP contribution >= 0.6 is 0 Å². The maximum absolute atomic E-state index is 13.6. The average Bonchev–Trinajstić information content (AvgIpc) is 3.15. The minimum absolute atomic E-state index is 0.0457. The number of benzene rings is 2. The molecule has 14 heteroatoms. The van der Waals surface area contributed by atoms with Crippen LogP contribution in [0.3, 0.4) is 0 Å². The van der Waals surface area contributed by atoms with Crippen LogP contribution in [0.1, 0.15) is 47.1 Å². The second kappa shape index (κ2) is 10.5. The van der Waals surface area contributed by atoms with E-state index in [2.05, 4.69) is 10.1 Å². The highest BCUT2D eigenvalue weighted by molar-refractivity contribution is 5.34. The summed E-state index contributed by atoms with van der Waals surface area (Å²) in [5, 5.41) is 4.10. The molecule has 38 heavy (non-hydrogen) atoms. The summed E-state index contributed by atoms with van der Waals surface area (Å²) in [6, 6.07) is 5.83. The molecule has 4 rings (SSSR count). The van der Waals surface area contributed by atoms with E-state index in [0.717, 1.165) is 4.68 Å². The Morgan fingerprint density at radius 3 is 2.21 bits per heavy atom. The first-order valence-electron chi connectivity index (χ1n) is 11.4. The third kappa shape index (κ3) is 6.25. The lowest BCUT2D eigenvalue weighted by Gasteiger charge is -2.41. The first-order valence-corrected chi connectivity index (χ1v) is 11.4. The highest BCUT2D eigenvalue weighted by atomic mass is 19.4. The van der Waals surface area contributed by atoms with Crippen LogP contribution < -0.4 is 5.69 Å². The number of nitrogens with zero attached hydrogens (tertiary/aromatic N) is 3. The standard InChI is InChI=1S/C24H23F7N4O3/c1-13(15-9-16(23(26,27)28)11-17(10-15)24(29,30)31)38-21-20(14-3-5-18(25)6-4-14)35(7-8-37-21)12-19-32-22(36)34(2)33-19/h3-6,9-11,13,20-21H,7-8,12H2,1-2H3,(H,32,33,36). The molecule has 0 aliphatic carbocycles. The van der Waals surface area contributed by atoms with Crippen molar-refractivity contribution < 1.29 is 40.2 Å². The summed E-state index contributed by atoms with van der Waals surface area (Å²) in [5.41, 5.74) is -3.20. The van der Waals surface area contributed by atoms with Crippen molar-refractivity contribution in [3.05, 3.63) is 86.8 Å². The molecule has 2 aromatic carbocycles. The van der Waals surface area contributed by atoms with Gasteiger partial charge in [0.2, 0.25) is 0 Å². The molecule has 3 atom stereocenters. The number of hydrogen-bond acceptors (Lipinski definition) is 5. The molecule has 3 unspecified atom stereocenters. The van der Waals surface area contributed by atoms with Crippen molar-refractivity contribution >= 4 is 0 Å². The van der Waals surface area contributed by atoms with Gasteiger partial charge in [0, 0.05) is 13.6 Å². The van der Waals surface area contributed by atoms with E-state index < -0.39 is 53.4 Å². The van der Waals surface area contributed by atoms with Gasteiger partial charge < -0.3 is 9.47 Å². The lowest BCUT2D eigenvalue weighted by Crippen LogP contribution is -2.46. The number of rotatable bonds is 6. The van der Waals surface area contributed by atoms with E-state index in [1.807, 2.05) is 0 Å². The third-order valence-electron chi connectivity index (χ3n) is 6.11. The number of H-pyrrole nitrogens is 1. The molecule has 0 spiro atoms. The quantitative estimate of drug-likeness (QED) is 0.441. The summed E-state index contributed by atoms with van der Waals surface area (Å²) in [5.74, 6) is -0.202. The van der Waals surface area contributed by atoms with E-state index in [0.29, 0.717) is 30.1 Å². The predicted molar refractivity (Wildman–Crippen MR) is 119 cm³/mol. The number of aryl methyl sites for hydroxylation is 1. The molecule has 1 aliphatic rings. The number of aromatic amines is 1. The fraction of sp³-hybridized carbons (Fsp3) is 0.417. The molecule has 1 N–H and O–H groups in total. The number of nitrogens with one attached hydrogen (secondary N) is 1. The molecule has 0 saturated carbocycles. The number of halogens is 7. The molecule has 1 fully saturated rings. The van der Waals surface area contributed by atoms with Crippen LogP contribution in [0.25, 0.3) is 0 Å². The van der Waals surface area contributed by atoms with Gasteiger partial charge >= 0.3 is 18.0 Å². The van der Waals surface area contributed by atoms with Crippen LogP contribution in [0.15, 0.2) is 47.3 Å². The molecule has 0 radical (unpaired) electrons. The van der Waals surface area contributed by atoms with Crippen molar-refractivity contribution in [3.8, 4) is 0 Å². The highest BCUT2D eigenvalue weighted by Gasteiger charge is 2.39. The number of aromatic nitrogens is 3. The molecule has 1 aliphatic heterocycles. The van der Waals surface area contributed by atoms with Gasteiger partial charge in [-0.1, -0.05) is 12.1 Å². The average molecular weight is 548 g/mol. The summed E-state index contributed by atoms with van der Waals surface area (Å²) in [6.45, 7) is 1.84. The summed E-state index contributed by atoms with van der Waals surface area (Å²) in [4.78, 5) is 16.2. The predicted octanol–water partition coefficient (Wildman–Crippen LogP) is 4.96. The molecular weight excluding hydrogens is 525 g/mol. The maximum atomic E-state index is 13.6. The Hall–Kier alpha value is -3.23. The van der Waals surface area contributed by atoms with Crippen LogP contribution in [0, 0.1) is 5.82 Å². The molecule has 1 saturated heterocycles. The summed E-state index contributed by atoms with van der Waals surface area (Å²) in [6.07, 6.45) is -12.4. The van der Waals surface area contributed by atoms with Crippen molar-refractivity contribution in [2.75, 3.05) is 13.2 Å². The van der Waals surface area contributed by atoms with Gasteiger partial charge in [0.05, 0.1) is 36.4 Å². The van der Waals surface area contributed by atoms with Crippen LogP contribution in [0.5, 0.6) is 0 Å². The first kappa shape index (κ1) is 27.8. The Labute approximate surface area is 211 Å². The SMILES string of the molecule is CC(OC1OCCN(Cc2nn(C)c(=O)[nH]2)C1c1ccc(F)cc1)c1cc(C(F)(F)F)cc(C(F)(F)F)c1. The van der Waals surface area contributed by atoms with E-state index in [4.69, 9.17) is 9.47 Å². The highest BCUT2D eigenvalue weighted by Crippen LogP contribution is 2.39. The van der Waals surface area contributed by atoms with Gasteiger partial charge in [-0.05, 0) is 48.4 Å². The Morgan fingerprint density at radius 1 is 1.08 bits per heavy atom. The summed E-state index contributed by atoms with van der Waals surface area (Å²) < 4.78 is 107. The topological polar surface area (TPSA) is 72.4 Å². The monoisotopic (exact) mass is 548 g/mol. The van der Waals surface area contributed by atoms with Crippen LogP contribution in [-0.2, 0) is 35.4 Å². The number of ether oxygens (including phenoxy) is 2. The zero-order valence-corrected chi connectivity index (χ0v) is 20.1. The first-order chi connectivity index (χ1) is 17.7. The van der Waals surface area contributed by atoms with E-state index in [1.54, 1.807) is 4.90 Å². The number of morpholine rings is 1. The van der Waals surface area contributed by atoms with Crippen LogP contribution in [0.2, 0.25) is 0 Å². The van der Waals surface area contributed by atoms with E-state index >= 15 is 0 Å². The molecule has 206 valence electrons. The lowest BCUT2D eigenvalue weighted by molar-refractivity contribution is -0.231. The van der Waals surface area contributed by atoms with Gasteiger partial charge in [-0.2, -0.15) is 31.4 Å². The maximum Gasteiger partial charge on any atom is 0.416 e. The number of alkyl halides is 6. The molecular formula is C24H23F7N4O3.